The first kappa shape index (κ1) is 18.7. The fraction of sp³-hybridized carbons (Fsp3) is 0.667. The Morgan fingerprint density at radius 3 is 2.40 bits per heavy atom. The van der Waals surface area contributed by atoms with Gasteiger partial charge in [0.15, 0.2) is 0 Å². The Bertz CT molecular complexity index is 548. The van der Waals surface area contributed by atoms with Crippen LogP contribution in [0.3, 0.4) is 0 Å². The third kappa shape index (κ3) is 5.19. The molecule has 138 valence electrons. The van der Waals surface area contributed by atoms with E-state index in [1.165, 1.54) is 89.0 Å². The van der Waals surface area contributed by atoms with Crippen LogP contribution in [0.4, 0.5) is 4.39 Å². The summed E-state index contributed by atoms with van der Waals surface area (Å²) in [5, 5.41) is 0. The molecule has 3 rings (SSSR count). The van der Waals surface area contributed by atoms with Crippen LogP contribution >= 0.6 is 0 Å². The molecular formula is C24H35F. The van der Waals surface area contributed by atoms with Crippen molar-refractivity contribution in [2.75, 3.05) is 0 Å². The number of hydrogen-bond acceptors (Lipinski definition) is 0. The van der Waals surface area contributed by atoms with Gasteiger partial charge in [0.1, 0.15) is 5.82 Å². The number of rotatable bonds is 7. The van der Waals surface area contributed by atoms with Crippen LogP contribution in [-0.2, 0) is 0 Å². The lowest BCUT2D eigenvalue weighted by molar-refractivity contribution is 0.156. The van der Waals surface area contributed by atoms with Gasteiger partial charge in [-0.1, -0.05) is 56.4 Å². The van der Waals surface area contributed by atoms with Crippen LogP contribution in [-0.4, -0.2) is 0 Å². The lowest BCUT2D eigenvalue weighted by atomic mass is 9.68. The molecule has 1 saturated carbocycles. The van der Waals surface area contributed by atoms with Crippen LogP contribution in [0.5, 0.6) is 0 Å². The summed E-state index contributed by atoms with van der Waals surface area (Å²) < 4.78 is 13.4. The molecule has 1 atom stereocenters. The number of hydrogen-bond donors (Lipinski definition) is 0. The van der Waals surface area contributed by atoms with Crippen LogP contribution in [0, 0.1) is 11.2 Å². The number of halogens is 1. The van der Waals surface area contributed by atoms with E-state index in [0.717, 1.165) is 0 Å². The lowest BCUT2D eigenvalue weighted by Gasteiger charge is -2.38. The Hall–Kier alpha value is -1.11. The van der Waals surface area contributed by atoms with Crippen LogP contribution in [0.2, 0.25) is 0 Å². The van der Waals surface area contributed by atoms with Gasteiger partial charge in [0, 0.05) is 0 Å². The van der Waals surface area contributed by atoms with Gasteiger partial charge in [0.05, 0.1) is 0 Å². The maximum atomic E-state index is 13.4. The molecule has 0 radical (unpaired) electrons. The summed E-state index contributed by atoms with van der Waals surface area (Å²) in [4.78, 5) is 0. The van der Waals surface area contributed by atoms with E-state index < -0.39 is 0 Å². The summed E-state index contributed by atoms with van der Waals surface area (Å²) in [6.07, 6.45) is 19.9. The van der Waals surface area contributed by atoms with Gasteiger partial charge in [0.25, 0.3) is 0 Å². The zero-order valence-electron chi connectivity index (χ0n) is 16.0. The molecule has 2 aliphatic carbocycles. The molecule has 0 saturated heterocycles. The van der Waals surface area contributed by atoms with Crippen LogP contribution in [0.25, 0.3) is 0 Å². The van der Waals surface area contributed by atoms with Gasteiger partial charge in [-0.05, 0) is 86.8 Å². The summed E-state index contributed by atoms with van der Waals surface area (Å²) >= 11 is 0. The topological polar surface area (TPSA) is 0 Å². The molecule has 0 heterocycles. The van der Waals surface area contributed by atoms with Crippen LogP contribution in [0.15, 0.2) is 35.9 Å². The molecule has 0 spiro atoms. The first-order valence-electron chi connectivity index (χ1n) is 10.6. The summed E-state index contributed by atoms with van der Waals surface area (Å²) in [7, 11) is 0. The SMILES string of the molecule is CCC1(CCC(CC2=CCCCC2)c2ccc(F)cc2)CCCCC1. The van der Waals surface area contributed by atoms with Crippen molar-refractivity contribution >= 4 is 0 Å². The highest BCUT2D eigenvalue weighted by Gasteiger charge is 2.31. The number of allylic oxidation sites excluding steroid dienone is 2. The zero-order chi connectivity index (χ0) is 17.5. The number of benzene rings is 1. The Morgan fingerprint density at radius 2 is 1.76 bits per heavy atom. The molecule has 1 aromatic rings. The second-order valence-corrected chi connectivity index (χ2v) is 8.51. The first-order chi connectivity index (χ1) is 12.2. The van der Waals surface area contributed by atoms with Gasteiger partial charge >= 0.3 is 0 Å². The van der Waals surface area contributed by atoms with Gasteiger partial charge in [-0.15, -0.1) is 0 Å². The third-order valence-electron chi connectivity index (χ3n) is 6.92. The molecule has 1 unspecified atom stereocenters. The van der Waals surface area contributed by atoms with Crippen molar-refractivity contribution in [3.63, 3.8) is 0 Å². The second kappa shape index (κ2) is 9.01. The minimum absolute atomic E-state index is 0.114. The molecule has 2 aliphatic rings. The van der Waals surface area contributed by atoms with E-state index in [1.807, 2.05) is 12.1 Å². The Morgan fingerprint density at radius 1 is 1.00 bits per heavy atom. The maximum Gasteiger partial charge on any atom is 0.123 e. The minimum Gasteiger partial charge on any atom is -0.207 e. The molecule has 25 heavy (non-hydrogen) atoms. The van der Waals surface area contributed by atoms with Crippen molar-refractivity contribution in [3.8, 4) is 0 Å². The van der Waals surface area contributed by atoms with Gasteiger partial charge in [0.2, 0.25) is 0 Å². The van der Waals surface area contributed by atoms with E-state index >= 15 is 0 Å². The highest BCUT2D eigenvalue weighted by atomic mass is 19.1. The fourth-order valence-corrected chi connectivity index (χ4v) is 5.09. The van der Waals surface area contributed by atoms with Gasteiger partial charge in [-0.25, -0.2) is 4.39 Å². The summed E-state index contributed by atoms with van der Waals surface area (Å²) in [5.41, 5.74) is 3.57. The van der Waals surface area contributed by atoms with E-state index in [0.29, 0.717) is 11.3 Å². The third-order valence-corrected chi connectivity index (χ3v) is 6.92. The standard InChI is InChI=1S/C24H35F/c1-2-24(16-7-4-8-17-24)18-15-22(19-20-9-5-3-6-10-20)21-11-13-23(25)14-12-21/h9,11-14,22H,2-8,10,15-19H2,1H3. The Kier molecular flexibility index (Phi) is 6.73. The predicted molar refractivity (Wildman–Crippen MR) is 105 cm³/mol. The molecule has 0 N–H and O–H groups in total. The molecule has 0 aliphatic heterocycles. The van der Waals surface area contributed by atoms with Gasteiger partial charge in [-0.3, -0.25) is 0 Å². The first-order valence-corrected chi connectivity index (χ1v) is 10.6. The predicted octanol–water partition coefficient (Wildman–Crippen LogP) is 7.94. The Balaban J connectivity index is 1.71. The average molecular weight is 343 g/mol. The molecule has 1 aromatic carbocycles. The smallest absolute Gasteiger partial charge is 0.123 e. The van der Waals surface area contributed by atoms with E-state index in [1.54, 1.807) is 17.7 Å². The Labute approximate surface area is 153 Å². The summed E-state index contributed by atoms with van der Waals surface area (Å²) in [5.74, 6) is 0.451. The highest BCUT2D eigenvalue weighted by molar-refractivity contribution is 5.23. The highest BCUT2D eigenvalue weighted by Crippen LogP contribution is 2.45. The quantitative estimate of drug-likeness (QED) is 0.441. The molecule has 1 fully saturated rings. The van der Waals surface area contributed by atoms with E-state index in [9.17, 15) is 4.39 Å². The fourth-order valence-electron chi connectivity index (χ4n) is 5.09. The van der Waals surface area contributed by atoms with E-state index in [-0.39, 0.29) is 5.82 Å². The molecule has 0 bridgehead atoms. The van der Waals surface area contributed by atoms with E-state index in [4.69, 9.17) is 0 Å². The summed E-state index contributed by atoms with van der Waals surface area (Å²) in [6.45, 7) is 2.39. The molecule has 1 heteroatoms. The molecule has 0 amide bonds. The van der Waals surface area contributed by atoms with Crippen molar-refractivity contribution in [2.45, 2.75) is 96.3 Å². The van der Waals surface area contributed by atoms with Crippen molar-refractivity contribution in [1.82, 2.24) is 0 Å². The molecular weight excluding hydrogens is 307 g/mol. The summed E-state index contributed by atoms with van der Waals surface area (Å²) in [6, 6.07) is 7.35. The van der Waals surface area contributed by atoms with Crippen LogP contribution < -0.4 is 0 Å². The lowest BCUT2D eigenvalue weighted by Crippen LogP contribution is -2.24. The van der Waals surface area contributed by atoms with Crippen molar-refractivity contribution in [2.24, 2.45) is 5.41 Å². The maximum absolute atomic E-state index is 13.4. The van der Waals surface area contributed by atoms with Gasteiger partial charge < -0.3 is 0 Å². The van der Waals surface area contributed by atoms with Gasteiger partial charge in [-0.2, -0.15) is 0 Å². The molecule has 0 aromatic heterocycles. The van der Waals surface area contributed by atoms with Crippen molar-refractivity contribution < 1.29 is 4.39 Å². The van der Waals surface area contributed by atoms with Crippen molar-refractivity contribution in [3.05, 3.63) is 47.3 Å². The largest absolute Gasteiger partial charge is 0.207 e. The van der Waals surface area contributed by atoms with Crippen molar-refractivity contribution in [1.29, 1.82) is 0 Å². The zero-order valence-corrected chi connectivity index (χ0v) is 16.0. The normalized spacial score (nSPS) is 21.6. The second-order valence-electron chi connectivity index (χ2n) is 8.51. The average Bonchev–Trinajstić information content (AvgIpc) is 2.67. The minimum atomic E-state index is -0.114. The van der Waals surface area contributed by atoms with E-state index in [2.05, 4.69) is 13.0 Å². The monoisotopic (exact) mass is 342 g/mol. The molecule has 0 nitrogen and oxygen atoms in total. The van der Waals surface area contributed by atoms with Crippen LogP contribution in [0.1, 0.15) is 102 Å².